The lowest BCUT2D eigenvalue weighted by atomic mass is 10.1. The van der Waals surface area contributed by atoms with Gasteiger partial charge >= 0.3 is 0 Å². The van der Waals surface area contributed by atoms with Crippen molar-refractivity contribution in [1.29, 1.82) is 0 Å². The summed E-state index contributed by atoms with van der Waals surface area (Å²) < 4.78 is 5.54. The summed E-state index contributed by atoms with van der Waals surface area (Å²) in [5.41, 5.74) is 12.5. The predicted octanol–water partition coefficient (Wildman–Crippen LogP) is 1.35. The molecular formula is C13H19N3O2. The molecule has 0 bridgehead atoms. The van der Waals surface area contributed by atoms with E-state index in [2.05, 4.69) is 5.32 Å². The van der Waals surface area contributed by atoms with Crippen LogP contribution >= 0.6 is 0 Å². The third-order valence-electron chi connectivity index (χ3n) is 3.14. The van der Waals surface area contributed by atoms with E-state index in [1.165, 1.54) is 0 Å². The molecule has 0 aromatic heterocycles. The highest BCUT2D eigenvalue weighted by molar-refractivity contribution is 5.98. The Morgan fingerprint density at radius 1 is 1.50 bits per heavy atom. The predicted molar refractivity (Wildman–Crippen MR) is 71.5 cm³/mol. The second-order valence-electron chi connectivity index (χ2n) is 4.52. The summed E-state index contributed by atoms with van der Waals surface area (Å²) in [5.74, 6) is -0.504. The zero-order valence-corrected chi connectivity index (χ0v) is 10.3. The molecule has 1 heterocycles. The molecule has 1 unspecified atom stereocenters. The van der Waals surface area contributed by atoms with E-state index in [9.17, 15) is 4.79 Å². The number of anilines is 2. The van der Waals surface area contributed by atoms with E-state index in [0.29, 0.717) is 17.4 Å². The number of benzene rings is 1. The Kier molecular flexibility index (Phi) is 4.04. The fourth-order valence-electron chi connectivity index (χ4n) is 2.13. The van der Waals surface area contributed by atoms with Gasteiger partial charge in [0.15, 0.2) is 0 Å². The van der Waals surface area contributed by atoms with Crippen LogP contribution in [0.4, 0.5) is 11.4 Å². The van der Waals surface area contributed by atoms with Crippen LogP contribution in [0.1, 0.15) is 29.6 Å². The Hall–Kier alpha value is -1.75. The Balaban J connectivity index is 1.88. The molecule has 1 atom stereocenters. The lowest BCUT2D eigenvalue weighted by Gasteiger charge is -2.12. The highest BCUT2D eigenvalue weighted by Crippen LogP contribution is 2.19. The first-order valence-corrected chi connectivity index (χ1v) is 6.21. The van der Waals surface area contributed by atoms with Crippen LogP contribution < -0.4 is 16.8 Å². The quantitative estimate of drug-likeness (QED) is 0.687. The Bertz CT molecular complexity index is 428. The topological polar surface area (TPSA) is 90.4 Å². The van der Waals surface area contributed by atoms with Crippen LogP contribution in [0.3, 0.4) is 0 Å². The van der Waals surface area contributed by atoms with Gasteiger partial charge in [-0.05, 0) is 37.5 Å². The normalized spacial score (nSPS) is 18.8. The fourth-order valence-corrected chi connectivity index (χ4v) is 2.13. The summed E-state index contributed by atoms with van der Waals surface area (Å²) in [6.45, 7) is 1.69. The summed E-state index contributed by atoms with van der Waals surface area (Å²) in [7, 11) is 0. The standard InChI is InChI=1S/C13H19N3O2/c14-12-4-3-9(8-11(12)13(15)17)16-6-5-10-2-1-7-18-10/h3-4,8,10,16H,1-2,5-7,14H2,(H2,15,17). The third kappa shape index (κ3) is 3.13. The number of primary amides is 1. The van der Waals surface area contributed by atoms with Crippen molar-refractivity contribution in [3.63, 3.8) is 0 Å². The first kappa shape index (κ1) is 12.7. The lowest BCUT2D eigenvalue weighted by molar-refractivity contribution is 0.100. The van der Waals surface area contributed by atoms with Gasteiger partial charge in [0.2, 0.25) is 0 Å². The first-order valence-electron chi connectivity index (χ1n) is 6.21. The van der Waals surface area contributed by atoms with E-state index in [-0.39, 0.29) is 0 Å². The maximum absolute atomic E-state index is 11.2. The number of nitrogens with two attached hydrogens (primary N) is 2. The number of carbonyl (C=O) groups excluding carboxylic acids is 1. The Morgan fingerprint density at radius 2 is 2.33 bits per heavy atom. The van der Waals surface area contributed by atoms with Gasteiger partial charge in [0.05, 0.1) is 11.7 Å². The molecule has 1 aliphatic heterocycles. The minimum Gasteiger partial charge on any atom is -0.398 e. The van der Waals surface area contributed by atoms with E-state index in [0.717, 1.165) is 38.1 Å². The van der Waals surface area contributed by atoms with Crippen molar-refractivity contribution >= 4 is 17.3 Å². The minimum absolute atomic E-state index is 0.358. The molecule has 98 valence electrons. The molecule has 0 aliphatic carbocycles. The van der Waals surface area contributed by atoms with Crippen LogP contribution in [0.5, 0.6) is 0 Å². The van der Waals surface area contributed by atoms with Gasteiger partial charge in [-0.3, -0.25) is 4.79 Å². The van der Waals surface area contributed by atoms with Gasteiger partial charge in [-0.2, -0.15) is 0 Å². The number of carbonyl (C=O) groups is 1. The largest absolute Gasteiger partial charge is 0.398 e. The van der Waals surface area contributed by atoms with Crippen LogP contribution in [0.15, 0.2) is 18.2 Å². The van der Waals surface area contributed by atoms with Crippen molar-refractivity contribution in [2.24, 2.45) is 5.73 Å². The Labute approximate surface area is 106 Å². The Morgan fingerprint density at radius 3 is 3.00 bits per heavy atom. The molecule has 2 rings (SSSR count). The average molecular weight is 249 g/mol. The molecule has 1 amide bonds. The van der Waals surface area contributed by atoms with Gasteiger partial charge < -0.3 is 21.5 Å². The van der Waals surface area contributed by atoms with E-state index in [4.69, 9.17) is 16.2 Å². The van der Waals surface area contributed by atoms with Gasteiger partial charge in [-0.15, -0.1) is 0 Å². The lowest BCUT2D eigenvalue weighted by Crippen LogP contribution is -2.15. The van der Waals surface area contributed by atoms with Gasteiger partial charge in [0.25, 0.3) is 5.91 Å². The van der Waals surface area contributed by atoms with Gasteiger partial charge in [0.1, 0.15) is 0 Å². The molecule has 5 nitrogen and oxygen atoms in total. The third-order valence-corrected chi connectivity index (χ3v) is 3.14. The molecule has 0 spiro atoms. The minimum atomic E-state index is -0.504. The SMILES string of the molecule is NC(=O)c1cc(NCCC2CCCO2)ccc1N. The summed E-state index contributed by atoms with van der Waals surface area (Å²) >= 11 is 0. The van der Waals surface area contributed by atoms with Crippen LogP contribution in [0.2, 0.25) is 0 Å². The molecule has 0 saturated carbocycles. The molecule has 1 fully saturated rings. The van der Waals surface area contributed by atoms with E-state index in [1.807, 2.05) is 6.07 Å². The zero-order valence-electron chi connectivity index (χ0n) is 10.3. The van der Waals surface area contributed by atoms with Crippen LogP contribution in [-0.2, 0) is 4.74 Å². The number of nitrogen functional groups attached to an aromatic ring is 1. The first-order chi connectivity index (χ1) is 8.66. The van der Waals surface area contributed by atoms with Gasteiger partial charge in [0, 0.05) is 24.5 Å². The molecule has 18 heavy (non-hydrogen) atoms. The van der Waals surface area contributed by atoms with Crippen molar-refractivity contribution in [3.05, 3.63) is 23.8 Å². The zero-order chi connectivity index (χ0) is 13.0. The van der Waals surface area contributed by atoms with Crippen molar-refractivity contribution in [2.45, 2.75) is 25.4 Å². The summed E-state index contributed by atoms with van der Waals surface area (Å²) in [6.07, 6.45) is 3.62. The van der Waals surface area contributed by atoms with Crippen molar-refractivity contribution in [3.8, 4) is 0 Å². The van der Waals surface area contributed by atoms with E-state index < -0.39 is 5.91 Å². The highest BCUT2D eigenvalue weighted by Gasteiger charge is 2.14. The number of rotatable bonds is 5. The van der Waals surface area contributed by atoms with Crippen LogP contribution in [-0.4, -0.2) is 25.2 Å². The molecule has 1 aliphatic rings. The smallest absolute Gasteiger partial charge is 0.250 e. The maximum atomic E-state index is 11.2. The number of ether oxygens (including phenoxy) is 1. The second-order valence-corrected chi connectivity index (χ2v) is 4.52. The van der Waals surface area contributed by atoms with Crippen LogP contribution in [0, 0.1) is 0 Å². The molecule has 1 aromatic carbocycles. The van der Waals surface area contributed by atoms with Gasteiger partial charge in [-0.1, -0.05) is 0 Å². The molecule has 1 aromatic rings. The second kappa shape index (κ2) is 5.73. The maximum Gasteiger partial charge on any atom is 0.250 e. The summed E-state index contributed by atoms with van der Waals surface area (Å²) in [5, 5.41) is 3.25. The average Bonchev–Trinajstić information content (AvgIpc) is 2.84. The number of amides is 1. The molecular weight excluding hydrogens is 230 g/mol. The molecule has 5 N–H and O–H groups in total. The van der Waals surface area contributed by atoms with Crippen molar-refractivity contribution < 1.29 is 9.53 Å². The van der Waals surface area contributed by atoms with E-state index >= 15 is 0 Å². The number of hydrogen-bond donors (Lipinski definition) is 3. The van der Waals surface area contributed by atoms with Crippen molar-refractivity contribution in [1.82, 2.24) is 0 Å². The monoisotopic (exact) mass is 249 g/mol. The number of nitrogens with one attached hydrogen (secondary N) is 1. The highest BCUT2D eigenvalue weighted by atomic mass is 16.5. The number of hydrogen-bond acceptors (Lipinski definition) is 4. The summed E-state index contributed by atoms with van der Waals surface area (Å²) in [4.78, 5) is 11.2. The molecule has 5 heteroatoms. The van der Waals surface area contributed by atoms with Gasteiger partial charge in [-0.25, -0.2) is 0 Å². The van der Waals surface area contributed by atoms with E-state index in [1.54, 1.807) is 12.1 Å². The van der Waals surface area contributed by atoms with Crippen molar-refractivity contribution in [2.75, 3.05) is 24.2 Å². The fraction of sp³-hybridized carbons (Fsp3) is 0.462. The molecule has 0 radical (unpaired) electrons. The van der Waals surface area contributed by atoms with Crippen LogP contribution in [0.25, 0.3) is 0 Å². The summed E-state index contributed by atoms with van der Waals surface area (Å²) in [6, 6.07) is 5.22. The molecule has 1 saturated heterocycles.